The quantitative estimate of drug-likeness (QED) is 0.0305. The van der Waals surface area contributed by atoms with E-state index in [1.54, 1.807) is 78.4 Å². The van der Waals surface area contributed by atoms with Crippen LogP contribution in [-0.2, 0) is 60.8 Å². The maximum atomic E-state index is 14.0. The molecule has 2 aromatic rings. The molecule has 0 fully saturated rings. The highest BCUT2D eigenvalue weighted by atomic mass is 33.1. The third kappa shape index (κ3) is 24.4. The van der Waals surface area contributed by atoms with Crippen molar-refractivity contribution in [1.82, 2.24) is 42.5 Å². The topological polar surface area (TPSA) is 391 Å². The van der Waals surface area contributed by atoms with E-state index in [-0.39, 0.29) is 31.8 Å². The Kier molecular flexibility index (Phi) is 27.0. The van der Waals surface area contributed by atoms with Crippen LogP contribution in [0.25, 0.3) is 0 Å². The SMILES string of the molecule is CCSSC[C@H](C)NC(=O)[C@H](CC(=O)O)NC(=O)[C@@H](N)CNC(=O)[C@H](Cc1ccccc1)NC(=O)[C@H](Cc1ccccc1)NC(=O)CCNC(=O)CC[C@H](NC(=O)N[C@@H](CCC(=O)O)C(=O)O)C(=O)O. The minimum absolute atomic E-state index is 0.0418. The highest BCUT2D eigenvalue weighted by Gasteiger charge is 2.31. The summed E-state index contributed by atoms with van der Waals surface area (Å²) in [6.45, 7) is 2.94. The highest BCUT2D eigenvalue weighted by molar-refractivity contribution is 8.76. The number of hydrogen-bond acceptors (Lipinski definition) is 14. The Labute approximate surface area is 411 Å². The summed E-state index contributed by atoms with van der Waals surface area (Å²) in [7, 11) is 3.10. The van der Waals surface area contributed by atoms with Gasteiger partial charge in [-0.05, 0) is 30.9 Å². The first kappa shape index (κ1) is 59.2. The molecule has 0 unspecified atom stereocenters. The Morgan fingerprint density at radius 3 is 1.57 bits per heavy atom. The third-order valence-corrected chi connectivity index (χ3v) is 12.4. The maximum absolute atomic E-state index is 14.0. The molecule has 0 aromatic heterocycles. The largest absolute Gasteiger partial charge is 0.481 e. The number of carbonyl (C=O) groups excluding carboxylic acids is 7. The van der Waals surface area contributed by atoms with Crippen LogP contribution >= 0.6 is 21.6 Å². The lowest BCUT2D eigenvalue weighted by molar-refractivity contribution is -0.141. The Morgan fingerprint density at radius 2 is 1.06 bits per heavy atom. The average molecular weight is 1020 g/mol. The number of hydrogen-bond donors (Lipinski definition) is 13. The molecule has 70 heavy (non-hydrogen) atoms. The smallest absolute Gasteiger partial charge is 0.326 e. The van der Waals surface area contributed by atoms with Gasteiger partial charge in [-0.3, -0.25) is 38.4 Å². The number of carboxylic acids is 4. The van der Waals surface area contributed by atoms with E-state index in [0.717, 1.165) is 5.75 Å². The van der Waals surface area contributed by atoms with Crippen LogP contribution in [0.1, 0.15) is 63.5 Å². The highest BCUT2D eigenvalue weighted by Crippen LogP contribution is 2.21. The molecular formula is C44H61N9O15S2. The van der Waals surface area contributed by atoms with Crippen LogP contribution in [-0.4, -0.2) is 153 Å². The third-order valence-electron chi connectivity index (χ3n) is 9.79. The normalized spacial score (nSPS) is 13.8. The Morgan fingerprint density at radius 1 is 0.543 bits per heavy atom. The predicted octanol–water partition coefficient (Wildman–Crippen LogP) is -0.893. The summed E-state index contributed by atoms with van der Waals surface area (Å²) in [5.41, 5.74) is 7.34. The van der Waals surface area contributed by atoms with Gasteiger partial charge in [0.25, 0.3) is 0 Å². The lowest BCUT2D eigenvalue weighted by Gasteiger charge is -2.25. The van der Waals surface area contributed by atoms with Gasteiger partial charge in [-0.1, -0.05) is 89.2 Å². The molecule has 24 nitrogen and oxygen atoms in total. The number of rotatable bonds is 33. The van der Waals surface area contributed by atoms with Gasteiger partial charge in [0.15, 0.2) is 0 Å². The van der Waals surface area contributed by atoms with Crippen molar-refractivity contribution in [2.45, 2.75) is 108 Å². The van der Waals surface area contributed by atoms with Gasteiger partial charge in [0.2, 0.25) is 35.4 Å². The van der Waals surface area contributed by atoms with Crippen LogP contribution in [0.4, 0.5) is 4.79 Å². The second kappa shape index (κ2) is 32.0. The first-order valence-electron chi connectivity index (χ1n) is 22.0. The number of nitrogens with one attached hydrogen (secondary N) is 8. The minimum atomic E-state index is -1.65. The number of aliphatic carboxylic acids is 4. The van der Waals surface area contributed by atoms with E-state index in [1.165, 1.54) is 10.8 Å². The van der Waals surface area contributed by atoms with E-state index in [1.807, 2.05) is 17.6 Å². The van der Waals surface area contributed by atoms with Crippen molar-refractivity contribution in [3.63, 3.8) is 0 Å². The molecular weight excluding hydrogens is 959 g/mol. The molecule has 7 atom stereocenters. The van der Waals surface area contributed by atoms with Crippen LogP contribution in [0.3, 0.4) is 0 Å². The van der Waals surface area contributed by atoms with Crippen molar-refractivity contribution in [2.75, 3.05) is 24.6 Å². The van der Waals surface area contributed by atoms with Gasteiger partial charge < -0.3 is 68.7 Å². The lowest BCUT2D eigenvalue weighted by Crippen LogP contribution is -2.58. The van der Waals surface area contributed by atoms with Crippen LogP contribution < -0.4 is 48.3 Å². The fourth-order valence-electron chi connectivity index (χ4n) is 6.18. The summed E-state index contributed by atoms with van der Waals surface area (Å²) < 4.78 is 0. The van der Waals surface area contributed by atoms with Crippen LogP contribution in [0.5, 0.6) is 0 Å². The van der Waals surface area contributed by atoms with Crippen molar-refractivity contribution >= 4 is 86.9 Å². The van der Waals surface area contributed by atoms with Crippen molar-refractivity contribution in [3.05, 3.63) is 71.8 Å². The van der Waals surface area contributed by atoms with Gasteiger partial charge in [0, 0.05) is 62.7 Å². The first-order valence-corrected chi connectivity index (χ1v) is 24.5. The molecule has 0 saturated carbocycles. The maximum Gasteiger partial charge on any atom is 0.326 e. The number of benzene rings is 2. The zero-order valence-corrected chi connectivity index (χ0v) is 40.1. The molecule has 0 saturated heterocycles. The number of urea groups is 1. The van der Waals surface area contributed by atoms with E-state index in [4.69, 9.17) is 10.8 Å². The summed E-state index contributed by atoms with van der Waals surface area (Å²) in [6.07, 6.45) is -3.16. The molecule has 0 aliphatic carbocycles. The first-order chi connectivity index (χ1) is 33.2. The molecule has 0 heterocycles. The zero-order valence-electron chi connectivity index (χ0n) is 38.5. The second-order valence-electron chi connectivity index (χ2n) is 15.6. The van der Waals surface area contributed by atoms with Crippen molar-refractivity contribution in [1.29, 1.82) is 0 Å². The number of carboxylic acid groups (broad SMARTS) is 4. The monoisotopic (exact) mass is 1020 g/mol. The van der Waals surface area contributed by atoms with E-state index in [0.29, 0.717) is 16.9 Å². The van der Waals surface area contributed by atoms with Gasteiger partial charge >= 0.3 is 29.9 Å². The molecule has 8 amide bonds. The van der Waals surface area contributed by atoms with Crippen LogP contribution in [0.2, 0.25) is 0 Å². The summed E-state index contributed by atoms with van der Waals surface area (Å²) in [5, 5.41) is 56.3. The summed E-state index contributed by atoms with van der Waals surface area (Å²) in [5.74, 6) is -9.03. The summed E-state index contributed by atoms with van der Waals surface area (Å²) in [4.78, 5) is 137. The molecule has 0 bridgehead atoms. The van der Waals surface area contributed by atoms with Gasteiger partial charge in [0.05, 0.1) is 6.42 Å². The molecule has 0 aliphatic rings. The molecule has 0 aliphatic heterocycles. The minimum Gasteiger partial charge on any atom is -0.481 e. The van der Waals surface area contributed by atoms with E-state index in [2.05, 4.69) is 31.9 Å². The van der Waals surface area contributed by atoms with Gasteiger partial charge in [-0.15, -0.1) is 0 Å². The summed E-state index contributed by atoms with van der Waals surface area (Å²) in [6, 6.07) is 6.81. The molecule has 0 radical (unpaired) electrons. The second-order valence-corrected chi connectivity index (χ2v) is 18.4. The molecule has 2 rings (SSSR count). The van der Waals surface area contributed by atoms with Gasteiger partial charge in [-0.2, -0.15) is 0 Å². The fraction of sp³-hybridized carbons (Fsp3) is 0.477. The Balaban J connectivity index is 2.10. The van der Waals surface area contributed by atoms with E-state index < -0.39 is 140 Å². The Bertz CT molecular complexity index is 2110. The number of amides is 8. The molecule has 2 aromatic carbocycles. The van der Waals surface area contributed by atoms with Crippen LogP contribution in [0, 0.1) is 0 Å². The standard InChI is InChI=1S/C44H61N9O15S2/c1-3-69-70-24-25(2)48-40(62)33(22-37(58)59)50-38(60)28(45)23-47-39(61)31(20-26-10-6-4-7-11-26)51-41(63)32(21-27-12-8-5-9-13-27)49-35(55)18-19-46-34(54)16-14-29(42(64)65)52-44(68)53-30(43(66)67)15-17-36(56)57/h4-13,25,28-33H,3,14-24,45H2,1-2H3,(H,46,54)(H,47,61)(H,48,62)(H,49,55)(H,50,60)(H,51,63)(H,56,57)(H,58,59)(H,64,65)(H,66,67)(H2,52,53,68)/t25-,28-,29-,30-,31-,32-,33-/m0/s1. The molecule has 384 valence electrons. The Hall–Kier alpha value is -6.93. The number of carbonyl (C=O) groups is 11. The molecule has 26 heteroatoms. The fourth-order valence-corrected chi connectivity index (χ4v) is 8.14. The predicted molar refractivity (Wildman–Crippen MR) is 256 cm³/mol. The average Bonchev–Trinajstić information content (AvgIpc) is 3.30. The number of nitrogens with two attached hydrogens (primary N) is 1. The van der Waals surface area contributed by atoms with Crippen molar-refractivity contribution in [3.8, 4) is 0 Å². The zero-order chi connectivity index (χ0) is 52.2. The summed E-state index contributed by atoms with van der Waals surface area (Å²) >= 11 is 0. The molecule has 0 spiro atoms. The van der Waals surface area contributed by atoms with Crippen molar-refractivity contribution in [2.24, 2.45) is 5.73 Å². The van der Waals surface area contributed by atoms with Crippen LogP contribution in [0.15, 0.2) is 60.7 Å². The lowest BCUT2D eigenvalue weighted by atomic mass is 10.0. The van der Waals surface area contributed by atoms with E-state index in [9.17, 15) is 68.1 Å². The van der Waals surface area contributed by atoms with Gasteiger partial charge in [0.1, 0.15) is 36.3 Å². The van der Waals surface area contributed by atoms with Gasteiger partial charge in [-0.25, -0.2) is 14.4 Å². The van der Waals surface area contributed by atoms with Crippen molar-refractivity contribution < 1.29 is 73.2 Å². The molecule has 14 N–H and O–H groups in total. The van der Waals surface area contributed by atoms with E-state index >= 15 is 0 Å².